The molecular formula is C15H23N3O2S. The Morgan fingerprint density at radius 3 is 2.76 bits per heavy atom. The van der Waals surface area contributed by atoms with E-state index in [4.69, 9.17) is 0 Å². The van der Waals surface area contributed by atoms with Gasteiger partial charge in [0.2, 0.25) is 5.91 Å². The molecule has 2 heterocycles. The van der Waals surface area contributed by atoms with Crippen LogP contribution in [-0.4, -0.2) is 40.8 Å². The Morgan fingerprint density at radius 1 is 1.38 bits per heavy atom. The molecule has 0 bridgehead atoms. The van der Waals surface area contributed by atoms with Crippen LogP contribution >= 0.6 is 11.3 Å². The van der Waals surface area contributed by atoms with Crippen LogP contribution in [0.1, 0.15) is 53.0 Å². The van der Waals surface area contributed by atoms with Gasteiger partial charge >= 0.3 is 0 Å². The zero-order chi connectivity index (χ0) is 15.4. The first-order valence-electron chi connectivity index (χ1n) is 7.48. The van der Waals surface area contributed by atoms with E-state index in [2.05, 4.69) is 10.3 Å². The summed E-state index contributed by atoms with van der Waals surface area (Å²) in [5.74, 6) is 0.0863. The summed E-state index contributed by atoms with van der Waals surface area (Å²) in [6, 6.07) is 0.222. The summed E-state index contributed by atoms with van der Waals surface area (Å²) in [5, 5.41) is 3.75. The molecule has 1 aromatic rings. The van der Waals surface area contributed by atoms with Gasteiger partial charge < -0.3 is 10.2 Å². The monoisotopic (exact) mass is 309 g/mol. The molecule has 2 amide bonds. The van der Waals surface area contributed by atoms with E-state index in [1.54, 1.807) is 0 Å². The summed E-state index contributed by atoms with van der Waals surface area (Å²) in [4.78, 5) is 30.8. The maximum Gasteiger partial charge on any atom is 0.266 e. The van der Waals surface area contributed by atoms with Gasteiger partial charge in [0, 0.05) is 26.1 Å². The van der Waals surface area contributed by atoms with Crippen molar-refractivity contribution in [3.8, 4) is 0 Å². The van der Waals surface area contributed by atoms with Crippen molar-refractivity contribution in [1.82, 2.24) is 15.2 Å². The Bertz CT molecular complexity index is 527. The van der Waals surface area contributed by atoms with Gasteiger partial charge in [-0.3, -0.25) is 9.59 Å². The van der Waals surface area contributed by atoms with Crippen LogP contribution in [-0.2, 0) is 4.79 Å². The van der Waals surface area contributed by atoms with Crippen molar-refractivity contribution >= 4 is 23.2 Å². The largest absolute Gasteiger partial charge is 0.356 e. The van der Waals surface area contributed by atoms with E-state index in [1.165, 1.54) is 18.3 Å². The maximum absolute atomic E-state index is 12.8. The van der Waals surface area contributed by atoms with Gasteiger partial charge in [-0.1, -0.05) is 0 Å². The van der Waals surface area contributed by atoms with Gasteiger partial charge in [0.25, 0.3) is 5.91 Å². The van der Waals surface area contributed by atoms with Crippen molar-refractivity contribution in [2.45, 2.75) is 52.5 Å². The summed E-state index contributed by atoms with van der Waals surface area (Å²) in [6.07, 6.45) is 4.04. The predicted molar refractivity (Wildman–Crippen MR) is 83.6 cm³/mol. The van der Waals surface area contributed by atoms with Crippen LogP contribution in [0.4, 0.5) is 0 Å². The minimum Gasteiger partial charge on any atom is -0.356 e. The van der Waals surface area contributed by atoms with Crippen LogP contribution in [0.25, 0.3) is 0 Å². The highest BCUT2D eigenvalue weighted by atomic mass is 32.1. The lowest BCUT2D eigenvalue weighted by Crippen LogP contribution is -2.45. The Kier molecular flexibility index (Phi) is 5.33. The maximum atomic E-state index is 12.8. The van der Waals surface area contributed by atoms with Crippen LogP contribution in [0.2, 0.25) is 0 Å². The zero-order valence-electron chi connectivity index (χ0n) is 12.9. The van der Waals surface area contributed by atoms with E-state index in [1.807, 2.05) is 18.7 Å². The van der Waals surface area contributed by atoms with Crippen LogP contribution in [0.5, 0.6) is 0 Å². The Labute approximate surface area is 129 Å². The van der Waals surface area contributed by atoms with Crippen molar-refractivity contribution in [1.29, 1.82) is 0 Å². The van der Waals surface area contributed by atoms with E-state index in [9.17, 15) is 9.59 Å². The van der Waals surface area contributed by atoms with Gasteiger partial charge in [-0.2, -0.15) is 0 Å². The van der Waals surface area contributed by atoms with Crippen molar-refractivity contribution in [3.63, 3.8) is 0 Å². The van der Waals surface area contributed by atoms with Crippen LogP contribution < -0.4 is 5.32 Å². The molecule has 1 unspecified atom stereocenters. The number of amides is 2. The molecule has 1 aromatic heterocycles. The van der Waals surface area contributed by atoms with Crippen molar-refractivity contribution in [2.24, 2.45) is 0 Å². The summed E-state index contributed by atoms with van der Waals surface area (Å²) in [6.45, 7) is 6.78. The number of carbonyl (C=O) groups excluding carboxylic acids is 2. The lowest BCUT2D eigenvalue weighted by molar-refractivity contribution is -0.119. The first-order chi connectivity index (χ1) is 9.99. The minimum absolute atomic E-state index is 0.0161. The number of rotatable bonds is 4. The van der Waals surface area contributed by atoms with Crippen molar-refractivity contribution < 1.29 is 9.59 Å². The van der Waals surface area contributed by atoms with E-state index in [-0.39, 0.29) is 17.9 Å². The van der Waals surface area contributed by atoms with Crippen molar-refractivity contribution in [2.75, 3.05) is 13.1 Å². The van der Waals surface area contributed by atoms with E-state index < -0.39 is 0 Å². The lowest BCUT2D eigenvalue weighted by Gasteiger charge is -2.35. The molecule has 1 fully saturated rings. The number of likely N-dealkylation sites (tertiary alicyclic amines) is 1. The normalized spacial score (nSPS) is 18.6. The second-order valence-electron chi connectivity index (χ2n) is 5.57. The standard InChI is InChI=1S/C15H23N3O2S/c1-10-14(21-12(3)17-10)15(20)18-9-5-4-6-13(18)7-8-16-11(2)19/h13H,4-9H2,1-3H3,(H,16,19). The zero-order valence-corrected chi connectivity index (χ0v) is 13.8. The SMILES string of the molecule is CC(=O)NCCC1CCCCN1C(=O)c1sc(C)nc1C. The molecule has 1 N–H and O–H groups in total. The highest BCUT2D eigenvalue weighted by Gasteiger charge is 2.29. The molecule has 5 nitrogen and oxygen atoms in total. The fraction of sp³-hybridized carbons (Fsp3) is 0.667. The molecular weight excluding hydrogens is 286 g/mol. The third-order valence-electron chi connectivity index (χ3n) is 3.84. The number of hydrogen-bond donors (Lipinski definition) is 1. The second kappa shape index (κ2) is 7.02. The molecule has 21 heavy (non-hydrogen) atoms. The summed E-state index contributed by atoms with van der Waals surface area (Å²) in [7, 11) is 0. The van der Waals surface area contributed by atoms with Gasteiger partial charge in [0.05, 0.1) is 10.7 Å². The first kappa shape index (κ1) is 15.9. The van der Waals surface area contributed by atoms with Gasteiger partial charge in [-0.05, 0) is 39.5 Å². The molecule has 0 aromatic carbocycles. The number of aromatic nitrogens is 1. The fourth-order valence-electron chi connectivity index (χ4n) is 2.84. The molecule has 0 spiro atoms. The number of aryl methyl sites for hydroxylation is 2. The van der Waals surface area contributed by atoms with Gasteiger partial charge in [-0.15, -0.1) is 11.3 Å². The Balaban J connectivity index is 2.05. The van der Waals surface area contributed by atoms with Gasteiger partial charge in [0.1, 0.15) is 4.88 Å². The molecule has 0 saturated carbocycles. The smallest absolute Gasteiger partial charge is 0.266 e. The molecule has 0 radical (unpaired) electrons. The number of carbonyl (C=O) groups is 2. The summed E-state index contributed by atoms with van der Waals surface area (Å²) < 4.78 is 0. The fourth-order valence-corrected chi connectivity index (χ4v) is 3.72. The molecule has 1 atom stereocenters. The molecule has 1 aliphatic heterocycles. The molecule has 2 rings (SSSR count). The molecule has 6 heteroatoms. The highest BCUT2D eigenvalue weighted by Crippen LogP contribution is 2.25. The van der Waals surface area contributed by atoms with Crippen LogP contribution in [0, 0.1) is 13.8 Å². The summed E-state index contributed by atoms with van der Waals surface area (Å²) >= 11 is 1.47. The predicted octanol–water partition coefficient (Wildman–Crippen LogP) is 2.28. The quantitative estimate of drug-likeness (QED) is 0.928. The van der Waals surface area contributed by atoms with Gasteiger partial charge in [0.15, 0.2) is 0 Å². The topological polar surface area (TPSA) is 62.3 Å². The van der Waals surface area contributed by atoms with E-state index in [0.29, 0.717) is 6.54 Å². The number of hydrogen-bond acceptors (Lipinski definition) is 4. The molecule has 1 aliphatic rings. The Morgan fingerprint density at radius 2 is 2.14 bits per heavy atom. The highest BCUT2D eigenvalue weighted by molar-refractivity contribution is 7.13. The average molecular weight is 309 g/mol. The van der Waals surface area contributed by atoms with Crippen LogP contribution in [0.3, 0.4) is 0 Å². The lowest BCUT2D eigenvalue weighted by atomic mass is 9.99. The van der Waals surface area contributed by atoms with E-state index >= 15 is 0 Å². The average Bonchev–Trinajstić information content (AvgIpc) is 2.77. The second-order valence-corrected chi connectivity index (χ2v) is 6.77. The minimum atomic E-state index is -0.0161. The number of nitrogens with one attached hydrogen (secondary N) is 1. The number of nitrogens with zero attached hydrogens (tertiary/aromatic N) is 2. The van der Waals surface area contributed by atoms with E-state index in [0.717, 1.165) is 47.8 Å². The molecule has 116 valence electrons. The molecule has 0 aliphatic carbocycles. The summed E-state index contributed by atoms with van der Waals surface area (Å²) in [5.41, 5.74) is 0.827. The van der Waals surface area contributed by atoms with Gasteiger partial charge in [-0.25, -0.2) is 4.98 Å². The number of thiazole rings is 1. The molecule has 1 saturated heterocycles. The van der Waals surface area contributed by atoms with Crippen LogP contribution in [0.15, 0.2) is 0 Å². The number of piperidine rings is 1. The third-order valence-corrected chi connectivity index (χ3v) is 4.90. The van der Waals surface area contributed by atoms with Crippen molar-refractivity contribution in [3.05, 3.63) is 15.6 Å². The Hall–Kier alpha value is -1.43. The first-order valence-corrected chi connectivity index (χ1v) is 8.30. The third kappa shape index (κ3) is 4.03.